The number of carbonyl (C=O) groups excluding carboxylic acids is 2. The Kier molecular flexibility index (Phi) is 8.86. The van der Waals surface area contributed by atoms with Crippen molar-refractivity contribution in [3.05, 3.63) is 107 Å². The quantitative estimate of drug-likeness (QED) is 0.412. The number of hydrogen-bond donors (Lipinski definition) is 2. The largest absolute Gasteiger partial charge is 0.497 e. The minimum Gasteiger partial charge on any atom is -0.497 e. The van der Waals surface area contributed by atoms with Crippen molar-refractivity contribution in [1.29, 1.82) is 0 Å². The first-order valence-electron chi connectivity index (χ1n) is 12.3. The van der Waals surface area contributed by atoms with Gasteiger partial charge in [0.25, 0.3) is 0 Å². The number of carbonyl (C=O) groups is 2. The molecule has 3 aromatic carbocycles. The standard InChI is InChI=1S/C30H31ClN2O4/c1-36-23-15-16-24(28(18-23)37-2)27-14-7-6-13-26(21-11-8-12-22(31)17-21)33-30(35)25(19-29(34)32-27)20-9-4-3-5-10-20/h3-12,15-18,25-27H,13-14,19H2,1-2H3,(H,32,34)(H,33,35)/b7-6-/t25-,26+,27-/m0/s1. The molecule has 0 radical (unpaired) electrons. The van der Waals surface area contributed by atoms with Crippen LogP contribution in [0.2, 0.25) is 5.02 Å². The molecule has 0 spiro atoms. The smallest absolute Gasteiger partial charge is 0.228 e. The van der Waals surface area contributed by atoms with Gasteiger partial charge in [-0.1, -0.05) is 66.2 Å². The molecular weight excluding hydrogens is 488 g/mol. The lowest BCUT2D eigenvalue weighted by Crippen LogP contribution is -2.37. The van der Waals surface area contributed by atoms with E-state index in [1.165, 1.54) is 0 Å². The molecular formula is C30H31ClN2O4. The molecule has 0 aliphatic carbocycles. The third-order valence-corrected chi connectivity index (χ3v) is 6.77. The Morgan fingerprint density at radius 2 is 1.51 bits per heavy atom. The summed E-state index contributed by atoms with van der Waals surface area (Å²) < 4.78 is 10.9. The van der Waals surface area contributed by atoms with Crippen molar-refractivity contribution in [3.63, 3.8) is 0 Å². The SMILES string of the molecule is COc1ccc([C@@H]2C/C=C\C[C@H](c3cccc(Cl)c3)NC(=O)[C@H](c3ccccc3)CC(=O)N2)c(OC)c1. The minimum atomic E-state index is -0.648. The fourth-order valence-electron chi connectivity index (χ4n) is 4.59. The van der Waals surface area contributed by atoms with E-state index in [-0.39, 0.29) is 30.3 Å². The van der Waals surface area contributed by atoms with Crippen molar-refractivity contribution >= 4 is 23.4 Å². The lowest BCUT2D eigenvalue weighted by molar-refractivity contribution is -0.128. The molecule has 1 heterocycles. The zero-order valence-electron chi connectivity index (χ0n) is 20.9. The first-order chi connectivity index (χ1) is 18.0. The summed E-state index contributed by atoms with van der Waals surface area (Å²) in [6.45, 7) is 0. The van der Waals surface area contributed by atoms with Gasteiger partial charge in [0.05, 0.1) is 32.2 Å². The van der Waals surface area contributed by atoms with Crippen molar-refractivity contribution in [2.45, 2.75) is 37.3 Å². The van der Waals surface area contributed by atoms with E-state index in [1.807, 2.05) is 78.9 Å². The molecule has 3 aromatic rings. The van der Waals surface area contributed by atoms with E-state index in [0.29, 0.717) is 29.4 Å². The van der Waals surface area contributed by atoms with E-state index in [4.69, 9.17) is 21.1 Å². The number of benzene rings is 3. The third kappa shape index (κ3) is 6.71. The van der Waals surface area contributed by atoms with Crippen LogP contribution in [0.4, 0.5) is 0 Å². The highest BCUT2D eigenvalue weighted by Gasteiger charge is 2.28. The topological polar surface area (TPSA) is 76.7 Å². The second-order valence-corrected chi connectivity index (χ2v) is 9.39. The van der Waals surface area contributed by atoms with E-state index in [1.54, 1.807) is 20.3 Å². The molecule has 4 rings (SSSR count). The number of rotatable bonds is 5. The highest BCUT2D eigenvalue weighted by atomic mass is 35.5. The lowest BCUT2D eigenvalue weighted by Gasteiger charge is -2.26. The van der Waals surface area contributed by atoms with Crippen molar-refractivity contribution in [2.24, 2.45) is 0 Å². The number of amides is 2. The van der Waals surface area contributed by atoms with Gasteiger partial charge in [0.2, 0.25) is 11.8 Å². The van der Waals surface area contributed by atoms with Gasteiger partial charge in [0.15, 0.2) is 0 Å². The van der Waals surface area contributed by atoms with Crippen LogP contribution in [0.25, 0.3) is 0 Å². The normalized spacial score (nSPS) is 21.5. The van der Waals surface area contributed by atoms with Crippen LogP contribution in [0.1, 0.15) is 54.0 Å². The van der Waals surface area contributed by atoms with Crippen LogP contribution in [-0.2, 0) is 9.59 Å². The van der Waals surface area contributed by atoms with Crippen molar-refractivity contribution in [1.82, 2.24) is 10.6 Å². The summed E-state index contributed by atoms with van der Waals surface area (Å²) in [5, 5.41) is 6.89. The molecule has 3 atom stereocenters. The first kappa shape index (κ1) is 26.3. The Bertz CT molecular complexity index is 1260. The summed E-state index contributed by atoms with van der Waals surface area (Å²) in [6, 6.07) is 21.8. The van der Waals surface area contributed by atoms with E-state index in [2.05, 4.69) is 10.6 Å². The lowest BCUT2D eigenvalue weighted by atomic mass is 9.92. The fourth-order valence-corrected chi connectivity index (χ4v) is 4.79. The van der Waals surface area contributed by atoms with Crippen LogP contribution >= 0.6 is 11.6 Å². The van der Waals surface area contributed by atoms with Gasteiger partial charge in [-0.05, 0) is 48.2 Å². The zero-order valence-corrected chi connectivity index (χ0v) is 21.7. The third-order valence-electron chi connectivity index (χ3n) is 6.54. The highest BCUT2D eigenvalue weighted by molar-refractivity contribution is 6.30. The number of hydrogen-bond acceptors (Lipinski definition) is 4. The highest BCUT2D eigenvalue weighted by Crippen LogP contribution is 2.33. The molecule has 6 nitrogen and oxygen atoms in total. The van der Waals surface area contributed by atoms with Gasteiger partial charge in [-0.15, -0.1) is 0 Å². The predicted molar refractivity (Wildman–Crippen MR) is 145 cm³/mol. The number of ether oxygens (including phenoxy) is 2. The number of nitrogens with one attached hydrogen (secondary N) is 2. The minimum absolute atomic E-state index is 0.0107. The molecule has 1 aliphatic rings. The van der Waals surface area contributed by atoms with Crippen molar-refractivity contribution < 1.29 is 19.1 Å². The van der Waals surface area contributed by atoms with E-state index >= 15 is 0 Å². The van der Waals surface area contributed by atoms with Crippen LogP contribution in [0, 0.1) is 0 Å². The summed E-state index contributed by atoms with van der Waals surface area (Å²) in [7, 11) is 3.19. The van der Waals surface area contributed by atoms with Crippen molar-refractivity contribution in [2.75, 3.05) is 14.2 Å². The zero-order chi connectivity index (χ0) is 26.2. The molecule has 1 aliphatic heterocycles. The van der Waals surface area contributed by atoms with Gasteiger partial charge >= 0.3 is 0 Å². The Balaban J connectivity index is 1.71. The van der Waals surface area contributed by atoms with Crippen LogP contribution in [0.3, 0.4) is 0 Å². The molecule has 0 fully saturated rings. The molecule has 7 heteroatoms. The van der Waals surface area contributed by atoms with E-state index in [9.17, 15) is 9.59 Å². The molecule has 0 saturated carbocycles. The maximum Gasteiger partial charge on any atom is 0.228 e. The monoisotopic (exact) mass is 518 g/mol. The van der Waals surface area contributed by atoms with Gasteiger partial charge in [-0.2, -0.15) is 0 Å². The maximum atomic E-state index is 13.6. The van der Waals surface area contributed by atoms with Gasteiger partial charge < -0.3 is 20.1 Å². The second kappa shape index (κ2) is 12.5. The summed E-state index contributed by atoms with van der Waals surface area (Å²) in [5.74, 6) is 0.212. The second-order valence-electron chi connectivity index (χ2n) is 8.95. The van der Waals surface area contributed by atoms with E-state index < -0.39 is 5.92 Å². The first-order valence-corrected chi connectivity index (χ1v) is 12.6. The molecule has 0 saturated heterocycles. The summed E-state index contributed by atoms with van der Waals surface area (Å²) in [6.07, 6.45) is 5.19. The van der Waals surface area contributed by atoms with Crippen LogP contribution < -0.4 is 20.1 Å². The Morgan fingerprint density at radius 3 is 2.22 bits per heavy atom. The predicted octanol–water partition coefficient (Wildman–Crippen LogP) is 5.90. The summed E-state index contributed by atoms with van der Waals surface area (Å²) >= 11 is 6.26. The molecule has 37 heavy (non-hydrogen) atoms. The van der Waals surface area contributed by atoms with E-state index in [0.717, 1.165) is 16.7 Å². The van der Waals surface area contributed by atoms with Gasteiger partial charge in [-0.3, -0.25) is 9.59 Å². The molecule has 192 valence electrons. The summed E-state index contributed by atoms with van der Waals surface area (Å²) in [5.41, 5.74) is 2.53. The summed E-state index contributed by atoms with van der Waals surface area (Å²) in [4.78, 5) is 26.9. The molecule has 0 aromatic heterocycles. The average Bonchev–Trinajstić information content (AvgIpc) is 2.92. The molecule has 2 N–H and O–H groups in total. The van der Waals surface area contributed by atoms with Gasteiger partial charge in [-0.25, -0.2) is 0 Å². The Morgan fingerprint density at radius 1 is 0.784 bits per heavy atom. The molecule has 0 bridgehead atoms. The average molecular weight is 519 g/mol. The Hall–Kier alpha value is -3.77. The number of methoxy groups -OCH3 is 2. The van der Waals surface area contributed by atoms with Gasteiger partial charge in [0.1, 0.15) is 11.5 Å². The van der Waals surface area contributed by atoms with Crippen LogP contribution in [-0.4, -0.2) is 26.0 Å². The fraction of sp³-hybridized carbons (Fsp3) is 0.267. The molecule has 0 unspecified atom stereocenters. The maximum absolute atomic E-state index is 13.6. The van der Waals surface area contributed by atoms with Gasteiger partial charge in [0, 0.05) is 23.1 Å². The van der Waals surface area contributed by atoms with Crippen molar-refractivity contribution in [3.8, 4) is 11.5 Å². The number of halogens is 1. The molecule has 2 amide bonds. The van der Waals surface area contributed by atoms with Crippen LogP contribution in [0.5, 0.6) is 11.5 Å². The van der Waals surface area contributed by atoms with Crippen LogP contribution in [0.15, 0.2) is 84.9 Å². The Labute approximate surface area is 222 Å².